The van der Waals surface area contributed by atoms with Crippen molar-refractivity contribution < 1.29 is 23.5 Å². The molecule has 1 heterocycles. The molecule has 2 rings (SSSR count). The first kappa shape index (κ1) is 16.9. The zero-order chi connectivity index (χ0) is 16.8. The predicted octanol–water partition coefficient (Wildman–Crippen LogP) is 2.65. The van der Waals surface area contributed by atoms with Crippen molar-refractivity contribution in [3.8, 4) is 5.75 Å². The summed E-state index contributed by atoms with van der Waals surface area (Å²) in [5, 5.41) is 4.51. The maximum absolute atomic E-state index is 13.3. The normalized spacial score (nSPS) is 10.2. The van der Waals surface area contributed by atoms with E-state index in [-0.39, 0.29) is 23.7 Å². The number of nitrogens with one attached hydrogen (secondary N) is 1. The predicted molar refractivity (Wildman–Crippen MR) is 83.4 cm³/mol. The van der Waals surface area contributed by atoms with Gasteiger partial charge in [-0.25, -0.2) is 9.37 Å². The highest BCUT2D eigenvalue weighted by molar-refractivity contribution is 7.14. The number of nitrogens with zero attached hydrogens (tertiary/aromatic N) is 1. The standard InChI is InChI=1S/C15H15FN2O4S/c1-3-22-13(19)7-10-8-23-15(17-10)18-14(20)11-6-9(16)4-5-12(11)21-2/h4-6,8H,3,7H2,1-2H3,(H,17,18,20). The fraction of sp³-hybridized carbons (Fsp3) is 0.267. The summed E-state index contributed by atoms with van der Waals surface area (Å²) in [6, 6.07) is 3.66. The van der Waals surface area contributed by atoms with Gasteiger partial charge in [0.2, 0.25) is 0 Å². The molecule has 0 aliphatic carbocycles. The SMILES string of the molecule is CCOC(=O)Cc1csc(NC(=O)c2cc(F)ccc2OC)n1. The quantitative estimate of drug-likeness (QED) is 0.819. The molecule has 0 aliphatic heterocycles. The third kappa shape index (κ3) is 4.49. The molecule has 6 nitrogen and oxygen atoms in total. The number of thiazole rings is 1. The van der Waals surface area contributed by atoms with Crippen LogP contribution in [0.1, 0.15) is 23.0 Å². The third-order valence-electron chi connectivity index (χ3n) is 2.81. The number of ether oxygens (including phenoxy) is 2. The van der Waals surface area contributed by atoms with Gasteiger partial charge in [-0.15, -0.1) is 11.3 Å². The second-order valence-corrected chi connectivity index (χ2v) is 5.28. The van der Waals surface area contributed by atoms with Gasteiger partial charge in [-0.1, -0.05) is 0 Å². The lowest BCUT2D eigenvalue weighted by Crippen LogP contribution is -2.13. The Bertz CT molecular complexity index is 717. The van der Waals surface area contributed by atoms with Gasteiger partial charge >= 0.3 is 5.97 Å². The van der Waals surface area contributed by atoms with Crippen LogP contribution in [0.3, 0.4) is 0 Å². The lowest BCUT2D eigenvalue weighted by atomic mass is 10.2. The number of carbonyl (C=O) groups is 2. The summed E-state index contributed by atoms with van der Waals surface area (Å²) in [4.78, 5) is 27.7. The zero-order valence-corrected chi connectivity index (χ0v) is 13.4. The lowest BCUT2D eigenvalue weighted by molar-refractivity contribution is -0.142. The summed E-state index contributed by atoms with van der Waals surface area (Å²) >= 11 is 1.16. The van der Waals surface area contributed by atoms with Gasteiger partial charge in [-0.3, -0.25) is 14.9 Å². The molecule has 8 heteroatoms. The van der Waals surface area contributed by atoms with E-state index in [1.54, 1.807) is 12.3 Å². The van der Waals surface area contributed by atoms with E-state index in [0.29, 0.717) is 17.4 Å². The molecule has 0 saturated heterocycles. The van der Waals surface area contributed by atoms with Crippen molar-refractivity contribution >= 4 is 28.3 Å². The molecule has 2 aromatic rings. The summed E-state index contributed by atoms with van der Waals surface area (Å²) in [5.74, 6) is -1.22. The van der Waals surface area contributed by atoms with Crippen molar-refractivity contribution in [1.29, 1.82) is 0 Å². The van der Waals surface area contributed by atoms with E-state index in [1.807, 2.05) is 0 Å². The van der Waals surface area contributed by atoms with Gasteiger partial charge in [-0.2, -0.15) is 0 Å². The minimum atomic E-state index is -0.543. The number of halogens is 1. The molecule has 1 aromatic heterocycles. The monoisotopic (exact) mass is 338 g/mol. The fourth-order valence-corrected chi connectivity index (χ4v) is 2.53. The smallest absolute Gasteiger partial charge is 0.311 e. The second-order valence-electron chi connectivity index (χ2n) is 4.42. The maximum Gasteiger partial charge on any atom is 0.311 e. The largest absolute Gasteiger partial charge is 0.496 e. The van der Waals surface area contributed by atoms with Gasteiger partial charge in [0.1, 0.15) is 11.6 Å². The summed E-state index contributed by atoms with van der Waals surface area (Å²) in [6.07, 6.45) is 0.0312. The summed E-state index contributed by atoms with van der Waals surface area (Å²) in [7, 11) is 1.39. The van der Waals surface area contributed by atoms with Crippen LogP contribution < -0.4 is 10.1 Å². The number of hydrogen-bond donors (Lipinski definition) is 1. The number of esters is 1. The van der Waals surface area contributed by atoms with Crippen molar-refractivity contribution in [3.05, 3.63) is 40.7 Å². The van der Waals surface area contributed by atoms with E-state index >= 15 is 0 Å². The number of aromatic nitrogens is 1. The molecule has 0 unspecified atom stereocenters. The Morgan fingerprint density at radius 2 is 2.17 bits per heavy atom. The molecule has 1 amide bonds. The highest BCUT2D eigenvalue weighted by atomic mass is 32.1. The lowest BCUT2D eigenvalue weighted by Gasteiger charge is -2.07. The van der Waals surface area contributed by atoms with Crippen LogP contribution in [0.15, 0.2) is 23.6 Å². The van der Waals surface area contributed by atoms with Crippen molar-refractivity contribution in [2.24, 2.45) is 0 Å². The molecule has 0 atom stereocenters. The Kier molecular flexibility index (Phi) is 5.64. The highest BCUT2D eigenvalue weighted by Gasteiger charge is 2.16. The van der Waals surface area contributed by atoms with Gasteiger partial charge in [0, 0.05) is 5.38 Å². The van der Waals surface area contributed by atoms with E-state index < -0.39 is 11.7 Å². The van der Waals surface area contributed by atoms with Gasteiger partial charge in [-0.05, 0) is 25.1 Å². The maximum atomic E-state index is 13.3. The van der Waals surface area contributed by atoms with E-state index in [4.69, 9.17) is 9.47 Å². The van der Waals surface area contributed by atoms with E-state index in [9.17, 15) is 14.0 Å². The second kappa shape index (κ2) is 7.68. The van der Waals surface area contributed by atoms with Crippen LogP contribution >= 0.6 is 11.3 Å². The van der Waals surface area contributed by atoms with Crippen LogP contribution in [0.25, 0.3) is 0 Å². The molecular formula is C15H15FN2O4S. The molecule has 1 aromatic carbocycles. The third-order valence-corrected chi connectivity index (χ3v) is 3.62. The highest BCUT2D eigenvalue weighted by Crippen LogP contribution is 2.22. The van der Waals surface area contributed by atoms with Crippen molar-refractivity contribution in [3.63, 3.8) is 0 Å². The molecule has 0 aliphatic rings. The Morgan fingerprint density at radius 3 is 2.87 bits per heavy atom. The van der Waals surface area contributed by atoms with Crippen LogP contribution in [-0.4, -0.2) is 30.6 Å². The summed E-state index contributed by atoms with van der Waals surface area (Å²) in [6.45, 7) is 2.02. The molecule has 0 radical (unpaired) electrons. The van der Waals surface area contributed by atoms with Crippen molar-refractivity contribution in [1.82, 2.24) is 4.98 Å². The summed E-state index contributed by atoms with van der Waals surface area (Å²) in [5.41, 5.74) is 0.560. The number of rotatable bonds is 6. The average molecular weight is 338 g/mol. The minimum Gasteiger partial charge on any atom is -0.496 e. The van der Waals surface area contributed by atoms with Gasteiger partial charge < -0.3 is 9.47 Å². The molecule has 23 heavy (non-hydrogen) atoms. The minimum absolute atomic E-state index is 0.0312. The first-order chi connectivity index (χ1) is 11.0. The van der Waals surface area contributed by atoms with Crippen molar-refractivity contribution in [2.75, 3.05) is 19.0 Å². The Morgan fingerprint density at radius 1 is 1.39 bits per heavy atom. The zero-order valence-electron chi connectivity index (χ0n) is 12.6. The molecule has 0 fully saturated rings. The van der Waals surface area contributed by atoms with Crippen LogP contribution in [-0.2, 0) is 16.0 Å². The molecule has 0 bridgehead atoms. The molecule has 0 spiro atoms. The Hall–Kier alpha value is -2.48. The fourth-order valence-electron chi connectivity index (χ4n) is 1.83. The van der Waals surface area contributed by atoms with Crippen LogP contribution in [0.5, 0.6) is 5.75 Å². The number of hydrogen-bond acceptors (Lipinski definition) is 6. The Balaban J connectivity index is 2.08. The molecular weight excluding hydrogens is 323 g/mol. The number of carbonyl (C=O) groups excluding carboxylic acids is 2. The number of methoxy groups -OCH3 is 1. The number of benzene rings is 1. The first-order valence-corrected chi connectivity index (χ1v) is 7.66. The van der Waals surface area contributed by atoms with Crippen LogP contribution in [0, 0.1) is 5.82 Å². The van der Waals surface area contributed by atoms with Gasteiger partial charge in [0.25, 0.3) is 5.91 Å². The molecule has 1 N–H and O–H groups in total. The average Bonchev–Trinajstić information content (AvgIpc) is 2.94. The molecule has 0 saturated carbocycles. The van der Waals surface area contributed by atoms with Gasteiger partial charge in [0.05, 0.1) is 31.4 Å². The van der Waals surface area contributed by atoms with Crippen molar-refractivity contribution in [2.45, 2.75) is 13.3 Å². The van der Waals surface area contributed by atoms with E-state index in [2.05, 4.69) is 10.3 Å². The molecule has 122 valence electrons. The van der Waals surface area contributed by atoms with E-state index in [0.717, 1.165) is 17.4 Å². The number of anilines is 1. The van der Waals surface area contributed by atoms with E-state index in [1.165, 1.54) is 19.2 Å². The van der Waals surface area contributed by atoms with Gasteiger partial charge in [0.15, 0.2) is 5.13 Å². The summed E-state index contributed by atoms with van der Waals surface area (Å²) < 4.78 is 23.2. The first-order valence-electron chi connectivity index (χ1n) is 6.78. The van der Waals surface area contributed by atoms with Crippen LogP contribution in [0.2, 0.25) is 0 Å². The topological polar surface area (TPSA) is 77.5 Å². The number of amides is 1. The Labute approximate surface area is 136 Å². The van der Waals surface area contributed by atoms with Crippen LogP contribution in [0.4, 0.5) is 9.52 Å².